The molecule has 0 radical (unpaired) electrons. The standard InChI is InChI=1S/C22H27N5O2/c1-14-6-5-7-18(15(14)2)26-8-10-27(11-9-26)22-24-17-13-20(29-4)19(28-3)12-16(17)21(23)25-22/h5-7,12-13H,8-11H2,1-4H3,(H2,23,24,25). The number of nitrogen functional groups attached to an aromatic ring is 1. The second-order valence-electron chi connectivity index (χ2n) is 7.33. The Kier molecular flexibility index (Phi) is 5.05. The maximum atomic E-state index is 6.25. The monoisotopic (exact) mass is 393 g/mol. The molecule has 1 saturated heterocycles. The molecule has 0 spiro atoms. The number of ether oxygens (including phenoxy) is 2. The molecular weight excluding hydrogens is 366 g/mol. The minimum Gasteiger partial charge on any atom is -0.493 e. The number of fused-ring (bicyclic) bond motifs is 1. The molecule has 1 aliphatic heterocycles. The van der Waals surface area contributed by atoms with E-state index < -0.39 is 0 Å². The molecule has 0 unspecified atom stereocenters. The predicted octanol–water partition coefficient (Wildman–Crippen LogP) is 3.17. The van der Waals surface area contributed by atoms with E-state index in [1.54, 1.807) is 14.2 Å². The first-order valence-electron chi connectivity index (χ1n) is 9.77. The second kappa shape index (κ2) is 7.66. The van der Waals surface area contributed by atoms with Gasteiger partial charge in [-0.1, -0.05) is 12.1 Å². The number of rotatable bonds is 4. The summed E-state index contributed by atoms with van der Waals surface area (Å²) in [6.45, 7) is 7.85. The van der Waals surface area contributed by atoms with E-state index in [-0.39, 0.29) is 0 Å². The molecule has 7 nitrogen and oxygen atoms in total. The number of methoxy groups -OCH3 is 2. The van der Waals surface area contributed by atoms with Crippen LogP contribution in [0.2, 0.25) is 0 Å². The zero-order valence-electron chi connectivity index (χ0n) is 17.4. The van der Waals surface area contributed by atoms with E-state index in [1.807, 2.05) is 12.1 Å². The van der Waals surface area contributed by atoms with Gasteiger partial charge in [0.05, 0.1) is 19.7 Å². The molecule has 0 bridgehead atoms. The van der Waals surface area contributed by atoms with Gasteiger partial charge in [-0.25, -0.2) is 4.98 Å². The number of nitrogens with zero attached hydrogens (tertiary/aromatic N) is 4. The van der Waals surface area contributed by atoms with Crippen LogP contribution < -0.4 is 25.0 Å². The summed E-state index contributed by atoms with van der Waals surface area (Å²) in [6, 6.07) is 10.2. The summed E-state index contributed by atoms with van der Waals surface area (Å²) >= 11 is 0. The van der Waals surface area contributed by atoms with Crippen molar-refractivity contribution >= 4 is 28.4 Å². The average molecular weight is 393 g/mol. The van der Waals surface area contributed by atoms with Crippen molar-refractivity contribution in [2.75, 3.05) is 55.9 Å². The van der Waals surface area contributed by atoms with Crippen LogP contribution in [0.3, 0.4) is 0 Å². The van der Waals surface area contributed by atoms with Crippen LogP contribution in [0.4, 0.5) is 17.5 Å². The van der Waals surface area contributed by atoms with E-state index in [9.17, 15) is 0 Å². The Morgan fingerprint density at radius 3 is 2.24 bits per heavy atom. The summed E-state index contributed by atoms with van der Waals surface area (Å²) in [5.41, 5.74) is 11.0. The molecule has 4 rings (SSSR count). The van der Waals surface area contributed by atoms with Crippen LogP contribution >= 0.6 is 0 Å². The predicted molar refractivity (Wildman–Crippen MR) is 117 cm³/mol. The van der Waals surface area contributed by atoms with Crippen molar-refractivity contribution in [2.45, 2.75) is 13.8 Å². The summed E-state index contributed by atoms with van der Waals surface area (Å²) in [4.78, 5) is 13.9. The zero-order valence-corrected chi connectivity index (χ0v) is 17.4. The second-order valence-corrected chi connectivity index (χ2v) is 7.33. The van der Waals surface area contributed by atoms with Gasteiger partial charge in [-0.15, -0.1) is 0 Å². The lowest BCUT2D eigenvalue weighted by molar-refractivity contribution is 0.356. The summed E-state index contributed by atoms with van der Waals surface area (Å²) in [6.07, 6.45) is 0. The number of nitrogens with two attached hydrogens (primary N) is 1. The molecule has 7 heteroatoms. The number of benzene rings is 2. The lowest BCUT2D eigenvalue weighted by Gasteiger charge is -2.37. The van der Waals surface area contributed by atoms with Gasteiger partial charge < -0.3 is 25.0 Å². The Morgan fingerprint density at radius 2 is 1.55 bits per heavy atom. The molecule has 0 aliphatic carbocycles. The summed E-state index contributed by atoms with van der Waals surface area (Å²) < 4.78 is 10.8. The van der Waals surface area contributed by atoms with Crippen molar-refractivity contribution in [1.82, 2.24) is 9.97 Å². The van der Waals surface area contributed by atoms with Crippen LogP contribution in [0.1, 0.15) is 11.1 Å². The van der Waals surface area contributed by atoms with Gasteiger partial charge in [-0.2, -0.15) is 4.98 Å². The molecule has 29 heavy (non-hydrogen) atoms. The molecule has 2 aromatic carbocycles. The largest absolute Gasteiger partial charge is 0.493 e. The number of hydrogen-bond donors (Lipinski definition) is 1. The van der Waals surface area contributed by atoms with E-state index in [0.717, 1.165) is 37.1 Å². The number of aromatic nitrogens is 2. The molecule has 1 aromatic heterocycles. The first-order valence-corrected chi connectivity index (χ1v) is 9.77. The van der Waals surface area contributed by atoms with E-state index in [1.165, 1.54) is 16.8 Å². The summed E-state index contributed by atoms with van der Waals surface area (Å²) in [7, 11) is 3.21. The topological polar surface area (TPSA) is 76.7 Å². The van der Waals surface area contributed by atoms with Crippen LogP contribution in [0.15, 0.2) is 30.3 Å². The highest BCUT2D eigenvalue weighted by Gasteiger charge is 2.22. The van der Waals surface area contributed by atoms with Gasteiger partial charge in [0.25, 0.3) is 0 Å². The fraction of sp³-hybridized carbons (Fsp3) is 0.364. The number of piperazine rings is 1. The molecule has 2 N–H and O–H groups in total. The third-order valence-corrected chi connectivity index (χ3v) is 5.70. The van der Waals surface area contributed by atoms with Crippen molar-refractivity contribution in [2.24, 2.45) is 0 Å². The van der Waals surface area contributed by atoms with Gasteiger partial charge in [0.2, 0.25) is 5.95 Å². The van der Waals surface area contributed by atoms with Crippen molar-refractivity contribution < 1.29 is 9.47 Å². The van der Waals surface area contributed by atoms with Crippen molar-refractivity contribution in [1.29, 1.82) is 0 Å². The SMILES string of the molecule is COc1cc2nc(N3CCN(c4cccc(C)c4C)CC3)nc(N)c2cc1OC. The Hall–Kier alpha value is -3.22. The average Bonchev–Trinajstić information content (AvgIpc) is 2.75. The van der Waals surface area contributed by atoms with Crippen molar-refractivity contribution in [3.8, 4) is 11.5 Å². The Bertz CT molecular complexity index is 1050. The third kappa shape index (κ3) is 3.48. The molecule has 1 aliphatic rings. The van der Waals surface area contributed by atoms with E-state index in [2.05, 4.69) is 46.8 Å². The normalized spacial score (nSPS) is 14.3. The van der Waals surface area contributed by atoms with Gasteiger partial charge in [0.1, 0.15) is 5.82 Å². The molecule has 1 fully saturated rings. The number of hydrogen-bond acceptors (Lipinski definition) is 7. The quantitative estimate of drug-likeness (QED) is 0.729. The Balaban J connectivity index is 1.59. The Morgan fingerprint density at radius 1 is 0.897 bits per heavy atom. The molecule has 152 valence electrons. The van der Waals surface area contributed by atoms with Crippen LogP contribution in [0.5, 0.6) is 11.5 Å². The van der Waals surface area contributed by atoms with E-state index >= 15 is 0 Å². The highest BCUT2D eigenvalue weighted by molar-refractivity contribution is 5.91. The molecule has 2 heterocycles. The van der Waals surface area contributed by atoms with Gasteiger partial charge in [0.15, 0.2) is 11.5 Å². The van der Waals surface area contributed by atoms with Gasteiger partial charge >= 0.3 is 0 Å². The van der Waals surface area contributed by atoms with Crippen molar-refractivity contribution in [3.63, 3.8) is 0 Å². The maximum absolute atomic E-state index is 6.25. The first-order chi connectivity index (χ1) is 14.0. The fourth-order valence-corrected chi connectivity index (χ4v) is 3.83. The van der Waals surface area contributed by atoms with E-state index in [0.29, 0.717) is 23.3 Å². The lowest BCUT2D eigenvalue weighted by Crippen LogP contribution is -2.47. The first kappa shape index (κ1) is 19.1. The van der Waals surface area contributed by atoms with Crippen LogP contribution in [0.25, 0.3) is 10.9 Å². The van der Waals surface area contributed by atoms with Gasteiger partial charge in [-0.05, 0) is 37.1 Å². The Labute approximate surface area is 171 Å². The summed E-state index contributed by atoms with van der Waals surface area (Å²) in [5, 5.41) is 0.764. The molecule has 0 atom stereocenters. The van der Waals surface area contributed by atoms with Crippen LogP contribution in [-0.4, -0.2) is 50.4 Å². The summed E-state index contributed by atoms with van der Waals surface area (Å²) in [5.74, 6) is 2.35. The maximum Gasteiger partial charge on any atom is 0.228 e. The number of anilines is 3. The fourth-order valence-electron chi connectivity index (χ4n) is 3.83. The molecule has 0 saturated carbocycles. The smallest absolute Gasteiger partial charge is 0.228 e. The van der Waals surface area contributed by atoms with Gasteiger partial charge in [0, 0.05) is 43.3 Å². The molecular formula is C22H27N5O2. The highest BCUT2D eigenvalue weighted by Crippen LogP contribution is 2.34. The molecule has 3 aromatic rings. The van der Waals surface area contributed by atoms with Crippen LogP contribution in [-0.2, 0) is 0 Å². The molecule has 0 amide bonds. The minimum absolute atomic E-state index is 0.447. The lowest BCUT2D eigenvalue weighted by atomic mass is 10.1. The minimum atomic E-state index is 0.447. The van der Waals surface area contributed by atoms with Crippen LogP contribution in [0, 0.1) is 13.8 Å². The highest BCUT2D eigenvalue weighted by atomic mass is 16.5. The zero-order chi connectivity index (χ0) is 20.5. The third-order valence-electron chi connectivity index (χ3n) is 5.70. The van der Waals surface area contributed by atoms with Crippen molar-refractivity contribution in [3.05, 3.63) is 41.5 Å². The van der Waals surface area contributed by atoms with E-state index in [4.69, 9.17) is 20.2 Å². The number of aryl methyl sites for hydroxylation is 1. The van der Waals surface area contributed by atoms with Gasteiger partial charge in [-0.3, -0.25) is 0 Å².